The molecule has 1 aromatic heterocycles. The van der Waals surface area contributed by atoms with E-state index in [1.165, 1.54) is 0 Å². The molecule has 156 valence electrons. The Labute approximate surface area is 171 Å². The molecule has 4 rings (SSSR count). The van der Waals surface area contributed by atoms with Gasteiger partial charge >= 0.3 is 6.09 Å². The highest BCUT2D eigenvalue weighted by atomic mass is 16.6. The minimum Gasteiger partial charge on any atom is -0.444 e. The van der Waals surface area contributed by atoms with Gasteiger partial charge < -0.3 is 14.2 Å². The molecule has 0 unspecified atom stereocenters. The van der Waals surface area contributed by atoms with Crippen molar-refractivity contribution >= 4 is 23.0 Å². The average Bonchev–Trinajstić information content (AvgIpc) is 3.33. The van der Waals surface area contributed by atoms with Gasteiger partial charge in [0.2, 0.25) is 5.91 Å². The number of carbonyl (C=O) groups excluding carboxylic acids is 2. The molecule has 2 atom stereocenters. The molecule has 3 heterocycles. The Bertz CT molecular complexity index is 901. The molecule has 2 aromatic rings. The van der Waals surface area contributed by atoms with Crippen LogP contribution in [0.3, 0.4) is 0 Å². The van der Waals surface area contributed by atoms with Crippen LogP contribution in [0.5, 0.6) is 0 Å². The van der Waals surface area contributed by atoms with E-state index in [9.17, 15) is 9.59 Å². The fraction of sp³-hybridized carbons (Fsp3) is 0.591. The summed E-state index contributed by atoms with van der Waals surface area (Å²) in [5.41, 5.74) is 1.50. The SMILES string of the molecule is CC(C)(C)OC(=O)N1CCCC[C@H]1C(=O)N1CC[C@@H](n2cnc3ccccc32)C1. The van der Waals surface area contributed by atoms with Crippen LogP contribution in [-0.2, 0) is 9.53 Å². The predicted octanol–water partition coefficient (Wildman–Crippen LogP) is 3.60. The van der Waals surface area contributed by atoms with Gasteiger partial charge in [-0.2, -0.15) is 0 Å². The second-order valence-corrected chi connectivity index (χ2v) is 9.05. The second-order valence-electron chi connectivity index (χ2n) is 9.05. The monoisotopic (exact) mass is 398 g/mol. The number of hydrogen-bond donors (Lipinski definition) is 0. The molecule has 2 aliphatic rings. The first kappa shape index (κ1) is 19.7. The fourth-order valence-electron chi connectivity index (χ4n) is 4.38. The number of ether oxygens (including phenoxy) is 1. The molecular weight excluding hydrogens is 368 g/mol. The Balaban J connectivity index is 1.46. The summed E-state index contributed by atoms with van der Waals surface area (Å²) in [4.78, 5) is 34.0. The molecule has 2 aliphatic heterocycles. The van der Waals surface area contributed by atoms with Crippen molar-refractivity contribution in [3.05, 3.63) is 30.6 Å². The number of nitrogens with zero attached hydrogens (tertiary/aromatic N) is 4. The van der Waals surface area contributed by atoms with Crippen LogP contribution in [0.25, 0.3) is 11.0 Å². The maximum atomic E-state index is 13.3. The largest absolute Gasteiger partial charge is 0.444 e. The molecule has 7 heteroatoms. The number of amides is 2. The second kappa shape index (κ2) is 7.69. The predicted molar refractivity (Wildman–Crippen MR) is 111 cm³/mol. The van der Waals surface area contributed by atoms with E-state index >= 15 is 0 Å². The van der Waals surface area contributed by atoms with Gasteiger partial charge in [-0.05, 0) is 58.6 Å². The molecule has 7 nitrogen and oxygen atoms in total. The zero-order valence-corrected chi connectivity index (χ0v) is 17.5. The van der Waals surface area contributed by atoms with Gasteiger partial charge in [-0.3, -0.25) is 9.69 Å². The lowest BCUT2D eigenvalue weighted by atomic mass is 10.0. The molecule has 29 heavy (non-hydrogen) atoms. The quantitative estimate of drug-likeness (QED) is 0.775. The van der Waals surface area contributed by atoms with Crippen molar-refractivity contribution in [2.24, 2.45) is 0 Å². The lowest BCUT2D eigenvalue weighted by Gasteiger charge is -2.37. The van der Waals surface area contributed by atoms with Crippen LogP contribution in [-0.4, -0.2) is 62.6 Å². The Morgan fingerprint density at radius 3 is 2.69 bits per heavy atom. The van der Waals surface area contributed by atoms with E-state index in [1.54, 1.807) is 4.90 Å². The summed E-state index contributed by atoms with van der Waals surface area (Å²) < 4.78 is 7.73. The molecule has 2 amide bonds. The van der Waals surface area contributed by atoms with Crippen LogP contribution in [0.15, 0.2) is 30.6 Å². The number of para-hydroxylation sites is 2. The third-order valence-corrected chi connectivity index (χ3v) is 5.77. The number of rotatable bonds is 2. The molecule has 2 fully saturated rings. The van der Waals surface area contributed by atoms with E-state index in [-0.39, 0.29) is 18.0 Å². The molecule has 0 radical (unpaired) electrons. The van der Waals surface area contributed by atoms with Crippen molar-refractivity contribution in [1.29, 1.82) is 0 Å². The molecule has 0 spiro atoms. The summed E-state index contributed by atoms with van der Waals surface area (Å²) in [6.45, 7) is 7.49. The lowest BCUT2D eigenvalue weighted by molar-refractivity contribution is -0.137. The zero-order chi connectivity index (χ0) is 20.6. The first-order chi connectivity index (χ1) is 13.8. The first-order valence-corrected chi connectivity index (χ1v) is 10.5. The van der Waals surface area contributed by atoms with Crippen molar-refractivity contribution in [2.45, 2.75) is 64.1 Å². The number of fused-ring (bicyclic) bond motifs is 1. The number of hydrogen-bond acceptors (Lipinski definition) is 4. The van der Waals surface area contributed by atoms with Gasteiger partial charge in [0.15, 0.2) is 0 Å². The van der Waals surface area contributed by atoms with Crippen molar-refractivity contribution in [3.8, 4) is 0 Å². The minimum absolute atomic E-state index is 0.0440. The first-order valence-electron chi connectivity index (χ1n) is 10.5. The maximum absolute atomic E-state index is 13.3. The molecule has 2 saturated heterocycles. The van der Waals surface area contributed by atoms with Gasteiger partial charge in [-0.25, -0.2) is 9.78 Å². The number of benzene rings is 1. The average molecular weight is 399 g/mol. The summed E-state index contributed by atoms with van der Waals surface area (Å²) in [6.07, 6.45) is 4.95. The van der Waals surface area contributed by atoms with Crippen molar-refractivity contribution in [2.75, 3.05) is 19.6 Å². The highest BCUT2D eigenvalue weighted by Crippen LogP contribution is 2.29. The fourth-order valence-corrected chi connectivity index (χ4v) is 4.38. The number of likely N-dealkylation sites (tertiary alicyclic amines) is 2. The normalized spacial score (nSPS) is 22.9. The Morgan fingerprint density at radius 2 is 1.90 bits per heavy atom. The van der Waals surface area contributed by atoms with Crippen LogP contribution in [0.2, 0.25) is 0 Å². The number of aromatic nitrogens is 2. The van der Waals surface area contributed by atoms with Crippen LogP contribution in [0.1, 0.15) is 52.5 Å². The molecule has 0 bridgehead atoms. The topological polar surface area (TPSA) is 67.7 Å². The summed E-state index contributed by atoms with van der Waals surface area (Å²) >= 11 is 0. The van der Waals surface area contributed by atoms with Crippen LogP contribution >= 0.6 is 0 Å². The van der Waals surface area contributed by atoms with Gasteiger partial charge in [0.25, 0.3) is 0 Å². The Kier molecular flexibility index (Phi) is 5.23. The third-order valence-electron chi connectivity index (χ3n) is 5.77. The standard InChI is InChI=1S/C22H30N4O3/c1-22(2,3)29-21(28)25-12-7-6-10-19(25)20(27)24-13-11-16(14-24)26-15-23-17-8-4-5-9-18(17)26/h4-5,8-9,15-16,19H,6-7,10-14H2,1-3H3/t16-,19+/m1/s1. The van der Waals surface area contributed by atoms with E-state index in [4.69, 9.17) is 4.74 Å². The number of carbonyl (C=O) groups is 2. The summed E-state index contributed by atoms with van der Waals surface area (Å²) in [5.74, 6) is 0.0440. The van der Waals surface area contributed by atoms with Crippen molar-refractivity contribution < 1.29 is 14.3 Å². The third kappa shape index (κ3) is 4.09. The maximum Gasteiger partial charge on any atom is 0.410 e. The van der Waals surface area contributed by atoms with Crippen LogP contribution in [0.4, 0.5) is 4.79 Å². The van der Waals surface area contributed by atoms with Crippen molar-refractivity contribution in [3.63, 3.8) is 0 Å². The molecule has 0 aliphatic carbocycles. The van der Waals surface area contributed by atoms with Gasteiger partial charge in [-0.15, -0.1) is 0 Å². The molecule has 0 saturated carbocycles. The number of imidazole rings is 1. The zero-order valence-electron chi connectivity index (χ0n) is 17.5. The Hall–Kier alpha value is -2.57. The van der Waals surface area contributed by atoms with Gasteiger partial charge in [0.05, 0.1) is 23.4 Å². The van der Waals surface area contributed by atoms with Gasteiger partial charge in [0.1, 0.15) is 11.6 Å². The lowest BCUT2D eigenvalue weighted by Crippen LogP contribution is -2.53. The van der Waals surface area contributed by atoms with E-state index < -0.39 is 11.6 Å². The summed E-state index contributed by atoms with van der Waals surface area (Å²) in [6, 6.07) is 7.86. The van der Waals surface area contributed by atoms with Crippen molar-refractivity contribution in [1.82, 2.24) is 19.4 Å². The smallest absolute Gasteiger partial charge is 0.410 e. The summed E-state index contributed by atoms with van der Waals surface area (Å²) in [5, 5.41) is 0. The molecule has 0 N–H and O–H groups in total. The number of piperidine rings is 1. The van der Waals surface area contributed by atoms with E-state index in [0.29, 0.717) is 26.1 Å². The highest BCUT2D eigenvalue weighted by Gasteiger charge is 2.39. The highest BCUT2D eigenvalue weighted by molar-refractivity contribution is 5.86. The van der Waals surface area contributed by atoms with Gasteiger partial charge in [0, 0.05) is 19.6 Å². The van der Waals surface area contributed by atoms with Crippen LogP contribution < -0.4 is 0 Å². The van der Waals surface area contributed by atoms with Crippen LogP contribution in [0, 0.1) is 0 Å². The van der Waals surface area contributed by atoms with E-state index in [2.05, 4.69) is 15.6 Å². The van der Waals surface area contributed by atoms with Gasteiger partial charge in [-0.1, -0.05) is 12.1 Å². The summed E-state index contributed by atoms with van der Waals surface area (Å²) in [7, 11) is 0. The van der Waals surface area contributed by atoms with E-state index in [0.717, 1.165) is 30.3 Å². The molecular formula is C22H30N4O3. The molecule has 1 aromatic carbocycles. The Morgan fingerprint density at radius 1 is 1.10 bits per heavy atom. The van der Waals surface area contributed by atoms with E-state index in [1.807, 2.05) is 50.2 Å². The minimum atomic E-state index is -0.566.